The number of nitrogens with zero attached hydrogens (tertiary/aromatic N) is 1. The molecule has 3 aromatic rings. The van der Waals surface area contributed by atoms with Crippen LogP contribution in [0.25, 0.3) is 11.2 Å². The van der Waals surface area contributed by atoms with Gasteiger partial charge in [-0.05, 0) is 49.9 Å². The molecule has 1 aromatic carbocycles. The van der Waals surface area contributed by atoms with E-state index >= 15 is 0 Å². The van der Waals surface area contributed by atoms with Crippen LogP contribution in [0.15, 0.2) is 22.6 Å². The summed E-state index contributed by atoms with van der Waals surface area (Å²) in [5.74, 6) is -3.17. The largest absolute Gasteiger partial charge is 0.455 e. The number of carbonyl (C=O) groups is 4. The number of benzene rings is 2. The van der Waals surface area contributed by atoms with E-state index in [1.165, 1.54) is 0 Å². The molecule has 7 nitrogen and oxygen atoms in total. The molecule has 0 spiro atoms. The van der Waals surface area contributed by atoms with Crippen molar-refractivity contribution in [3.05, 3.63) is 57.1 Å². The van der Waals surface area contributed by atoms with Gasteiger partial charge in [-0.15, -0.1) is 5.06 Å². The van der Waals surface area contributed by atoms with E-state index in [0.29, 0.717) is 5.56 Å². The Balaban J connectivity index is 1.48. The van der Waals surface area contributed by atoms with Crippen molar-refractivity contribution >= 4 is 34.5 Å². The van der Waals surface area contributed by atoms with E-state index in [4.69, 9.17) is 4.42 Å². The number of rotatable bonds is 3. The average Bonchev–Trinajstić information content (AvgIpc) is 3.37. The molecule has 7 heteroatoms. The third-order valence-electron chi connectivity index (χ3n) is 6.29. The zero-order chi connectivity index (χ0) is 21.5. The molecule has 1 N–H and O–H groups in total. The van der Waals surface area contributed by atoms with Gasteiger partial charge in [-0.1, -0.05) is 17.7 Å². The van der Waals surface area contributed by atoms with Crippen LogP contribution in [0, 0.1) is 26.7 Å². The molecular formula is C23H19NO6. The van der Waals surface area contributed by atoms with E-state index in [-0.39, 0.29) is 51.8 Å². The SMILES string of the molecule is Cc1cc(C)c(C2C(=O)CC(Cc3cc4oc3c3c4C(=O)N(O)C3=O)C2=O)c(C)c1. The summed E-state index contributed by atoms with van der Waals surface area (Å²) in [7, 11) is 0. The Morgan fingerprint density at radius 3 is 2.30 bits per heavy atom. The Kier molecular flexibility index (Phi) is 3.79. The van der Waals surface area contributed by atoms with E-state index in [9.17, 15) is 24.4 Å². The highest BCUT2D eigenvalue weighted by Gasteiger charge is 2.46. The van der Waals surface area contributed by atoms with Crippen molar-refractivity contribution in [2.75, 3.05) is 0 Å². The lowest BCUT2D eigenvalue weighted by Crippen LogP contribution is -2.25. The molecule has 2 bridgehead atoms. The number of hydrogen-bond donors (Lipinski definition) is 1. The number of carbonyl (C=O) groups excluding carboxylic acids is 4. The summed E-state index contributed by atoms with van der Waals surface area (Å²) in [4.78, 5) is 50.2. The van der Waals surface area contributed by atoms with E-state index in [1.54, 1.807) is 6.07 Å². The van der Waals surface area contributed by atoms with Crippen LogP contribution in [0.1, 0.15) is 60.9 Å². The number of aryl methyl sites for hydroxylation is 3. The fourth-order valence-electron chi connectivity index (χ4n) is 5.12. The van der Waals surface area contributed by atoms with Crippen molar-refractivity contribution in [3.63, 3.8) is 0 Å². The molecule has 2 aliphatic rings. The minimum atomic E-state index is -0.830. The molecule has 1 fully saturated rings. The number of furan rings is 2. The highest BCUT2D eigenvalue weighted by Crippen LogP contribution is 2.42. The molecular weight excluding hydrogens is 386 g/mol. The topological polar surface area (TPSA) is 105 Å². The lowest BCUT2D eigenvalue weighted by Gasteiger charge is -2.16. The standard InChI is InChI=1S/C23H19NO6/c1-9-4-10(2)16(11(3)5-9)17-14(25)7-12(20(17)26)6-13-8-15-18-19(21(13)30-15)23(28)24(29)22(18)27/h4-5,8,12,17,29H,6-7H2,1-3H3. The lowest BCUT2D eigenvalue weighted by molar-refractivity contribution is -0.124. The van der Waals surface area contributed by atoms with Crippen molar-refractivity contribution in [2.24, 2.45) is 5.92 Å². The minimum Gasteiger partial charge on any atom is -0.455 e. The Hall–Kier alpha value is -3.32. The predicted octanol–water partition coefficient (Wildman–Crippen LogP) is 3.27. The van der Waals surface area contributed by atoms with Crippen LogP contribution in [-0.4, -0.2) is 33.7 Å². The Labute approximate surface area is 171 Å². The summed E-state index contributed by atoms with van der Waals surface area (Å²) in [6.07, 6.45) is 0.370. The maximum atomic E-state index is 13.2. The molecule has 0 saturated heterocycles. The molecule has 2 atom stereocenters. The first kappa shape index (κ1) is 18.7. The molecule has 1 aliphatic heterocycles. The Morgan fingerprint density at radius 1 is 1.00 bits per heavy atom. The summed E-state index contributed by atoms with van der Waals surface area (Å²) in [6, 6.07) is 5.57. The molecule has 2 amide bonds. The number of hydrogen-bond acceptors (Lipinski definition) is 6. The summed E-state index contributed by atoms with van der Waals surface area (Å²) in [5, 5.41) is 9.68. The van der Waals surface area contributed by atoms with Gasteiger partial charge in [-0.25, -0.2) is 0 Å². The summed E-state index contributed by atoms with van der Waals surface area (Å²) in [5.41, 5.74) is 4.84. The number of ketones is 2. The number of Topliss-reactive ketones (excluding diaryl/α,β-unsaturated/α-hetero) is 2. The van der Waals surface area contributed by atoms with E-state index in [1.807, 2.05) is 32.9 Å². The zero-order valence-electron chi connectivity index (χ0n) is 16.7. The molecule has 30 heavy (non-hydrogen) atoms. The number of amides is 2. The predicted molar refractivity (Wildman–Crippen MR) is 105 cm³/mol. The van der Waals surface area contributed by atoms with Gasteiger partial charge in [-0.2, -0.15) is 0 Å². The molecule has 0 radical (unpaired) electrons. The van der Waals surface area contributed by atoms with E-state index < -0.39 is 23.7 Å². The summed E-state index contributed by atoms with van der Waals surface area (Å²) in [6.45, 7) is 5.81. The highest BCUT2D eigenvalue weighted by molar-refractivity contribution is 6.27. The number of hydroxylamine groups is 2. The Morgan fingerprint density at radius 2 is 1.63 bits per heavy atom. The first-order valence-electron chi connectivity index (χ1n) is 9.78. The van der Waals surface area contributed by atoms with E-state index in [0.717, 1.165) is 22.3 Å². The molecule has 1 aliphatic carbocycles. The van der Waals surface area contributed by atoms with Crippen molar-refractivity contribution in [1.29, 1.82) is 0 Å². The van der Waals surface area contributed by atoms with Gasteiger partial charge in [0.05, 0.1) is 0 Å². The molecule has 1 saturated carbocycles. The van der Waals surface area contributed by atoms with Crippen LogP contribution in [0.4, 0.5) is 0 Å². The lowest BCUT2D eigenvalue weighted by atomic mass is 9.85. The van der Waals surface area contributed by atoms with Crippen molar-refractivity contribution in [1.82, 2.24) is 5.06 Å². The quantitative estimate of drug-likeness (QED) is 0.407. The van der Waals surface area contributed by atoms with Crippen LogP contribution in [0.5, 0.6) is 0 Å². The van der Waals surface area contributed by atoms with Crippen LogP contribution >= 0.6 is 0 Å². The first-order valence-corrected chi connectivity index (χ1v) is 9.78. The number of imide groups is 1. The average molecular weight is 405 g/mol. The van der Waals surface area contributed by atoms with Crippen molar-refractivity contribution < 1.29 is 28.8 Å². The maximum Gasteiger partial charge on any atom is 0.289 e. The fourth-order valence-corrected chi connectivity index (χ4v) is 5.12. The zero-order valence-corrected chi connectivity index (χ0v) is 16.7. The molecule has 2 unspecified atom stereocenters. The Bertz CT molecular complexity index is 1260. The molecule has 3 heterocycles. The second kappa shape index (κ2) is 6.09. The van der Waals surface area contributed by atoms with Crippen LogP contribution in [0.3, 0.4) is 0 Å². The third kappa shape index (κ3) is 2.35. The van der Waals surface area contributed by atoms with Gasteiger partial charge in [0.25, 0.3) is 11.8 Å². The molecule has 152 valence electrons. The number of fused-ring (bicyclic) bond motifs is 5. The summed E-state index contributed by atoms with van der Waals surface area (Å²) >= 11 is 0. The van der Waals surface area contributed by atoms with Gasteiger partial charge in [0.15, 0.2) is 5.78 Å². The van der Waals surface area contributed by atoms with E-state index in [2.05, 4.69) is 0 Å². The van der Waals surface area contributed by atoms with Crippen LogP contribution < -0.4 is 0 Å². The van der Waals surface area contributed by atoms with Crippen molar-refractivity contribution in [2.45, 2.75) is 39.5 Å². The van der Waals surface area contributed by atoms with Gasteiger partial charge < -0.3 is 4.42 Å². The third-order valence-corrected chi connectivity index (χ3v) is 6.29. The minimum absolute atomic E-state index is 0.0357. The fraction of sp³-hybridized carbons (Fsp3) is 0.304. The second-order valence-corrected chi connectivity index (χ2v) is 8.36. The van der Waals surface area contributed by atoms with Gasteiger partial charge in [0, 0.05) is 17.9 Å². The maximum absolute atomic E-state index is 13.2. The smallest absolute Gasteiger partial charge is 0.289 e. The van der Waals surface area contributed by atoms with Gasteiger partial charge in [0.2, 0.25) is 0 Å². The molecule has 2 aromatic heterocycles. The second-order valence-electron chi connectivity index (χ2n) is 8.36. The van der Waals surface area contributed by atoms with Crippen LogP contribution in [0.2, 0.25) is 0 Å². The van der Waals surface area contributed by atoms with Gasteiger partial charge in [-0.3, -0.25) is 24.4 Å². The summed E-state index contributed by atoms with van der Waals surface area (Å²) < 4.78 is 5.57. The van der Waals surface area contributed by atoms with Crippen LogP contribution in [-0.2, 0) is 16.0 Å². The monoisotopic (exact) mass is 405 g/mol. The first-order chi connectivity index (χ1) is 14.2. The molecule has 5 rings (SSSR count). The normalized spacial score (nSPS) is 21.5. The van der Waals surface area contributed by atoms with Gasteiger partial charge in [0.1, 0.15) is 34.0 Å². The van der Waals surface area contributed by atoms with Crippen molar-refractivity contribution in [3.8, 4) is 0 Å². The highest BCUT2D eigenvalue weighted by atomic mass is 16.5. The van der Waals surface area contributed by atoms with Gasteiger partial charge >= 0.3 is 0 Å².